The molecule has 1 N–H and O–H groups in total. The van der Waals surface area contributed by atoms with Gasteiger partial charge in [-0.15, -0.1) is 10.2 Å². The van der Waals surface area contributed by atoms with E-state index in [1.165, 1.54) is 0 Å². The van der Waals surface area contributed by atoms with Crippen LogP contribution in [0.5, 0.6) is 0 Å². The van der Waals surface area contributed by atoms with Crippen LogP contribution in [0.2, 0.25) is 0 Å². The van der Waals surface area contributed by atoms with E-state index in [-0.39, 0.29) is 11.6 Å². The van der Waals surface area contributed by atoms with E-state index < -0.39 is 0 Å². The van der Waals surface area contributed by atoms with Crippen molar-refractivity contribution in [2.75, 3.05) is 6.54 Å². The standard InChI is InChI=1S/C15H21N5O/c1-15(2,3)21-10-12-18-19-14-13(17-8-9-20(12)14)11-4-6-16-7-5-11/h4-7,13,17H,8-10H2,1-3H3. The SMILES string of the molecule is CC(C)(C)OCc1nnc2n1CCNC2c1ccncc1. The predicted octanol–water partition coefficient (Wildman–Crippen LogP) is 1.68. The highest BCUT2D eigenvalue weighted by atomic mass is 16.5. The number of nitrogens with one attached hydrogen (secondary N) is 1. The first-order valence-electron chi connectivity index (χ1n) is 7.24. The maximum absolute atomic E-state index is 5.83. The molecule has 6 nitrogen and oxygen atoms in total. The summed E-state index contributed by atoms with van der Waals surface area (Å²) in [5.74, 6) is 1.83. The molecule has 0 aliphatic carbocycles. The van der Waals surface area contributed by atoms with Gasteiger partial charge in [0.2, 0.25) is 0 Å². The van der Waals surface area contributed by atoms with Crippen molar-refractivity contribution in [3.63, 3.8) is 0 Å². The first kappa shape index (κ1) is 14.2. The van der Waals surface area contributed by atoms with Gasteiger partial charge in [-0.3, -0.25) is 4.98 Å². The van der Waals surface area contributed by atoms with Gasteiger partial charge in [-0.05, 0) is 38.5 Å². The first-order chi connectivity index (χ1) is 10.0. The molecule has 112 valence electrons. The predicted molar refractivity (Wildman–Crippen MR) is 78.6 cm³/mol. The van der Waals surface area contributed by atoms with Crippen LogP contribution < -0.4 is 5.32 Å². The van der Waals surface area contributed by atoms with E-state index in [0.717, 1.165) is 30.3 Å². The van der Waals surface area contributed by atoms with Gasteiger partial charge >= 0.3 is 0 Å². The van der Waals surface area contributed by atoms with Crippen molar-refractivity contribution in [3.8, 4) is 0 Å². The van der Waals surface area contributed by atoms with Crippen LogP contribution in [0.1, 0.15) is 44.0 Å². The molecule has 0 radical (unpaired) electrons. The molecule has 6 heteroatoms. The molecular formula is C15H21N5O. The maximum atomic E-state index is 5.83. The Morgan fingerprint density at radius 3 is 2.76 bits per heavy atom. The zero-order chi connectivity index (χ0) is 14.9. The third-order valence-corrected chi connectivity index (χ3v) is 3.47. The molecule has 0 bridgehead atoms. The number of rotatable bonds is 3. The van der Waals surface area contributed by atoms with Gasteiger partial charge < -0.3 is 14.6 Å². The van der Waals surface area contributed by atoms with Gasteiger partial charge in [0.25, 0.3) is 0 Å². The van der Waals surface area contributed by atoms with Gasteiger partial charge in [0.1, 0.15) is 6.61 Å². The lowest BCUT2D eigenvalue weighted by atomic mass is 10.1. The Morgan fingerprint density at radius 1 is 1.29 bits per heavy atom. The highest BCUT2D eigenvalue weighted by molar-refractivity contribution is 5.24. The van der Waals surface area contributed by atoms with Crippen molar-refractivity contribution in [2.24, 2.45) is 0 Å². The van der Waals surface area contributed by atoms with Crippen molar-refractivity contribution in [1.82, 2.24) is 25.1 Å². The van der Waals surface area contributed by atoms with Crippen molar-refractivity contribution in [2.45, 2.75) is 45.6 Å². The molecule has 0 aromatic carbocycles. The topological polar surface area (TPSA) is 64.9 Å². The molecule has 0 saturated carbocycles. The minimum absolute atomic E-state index is 0.0673. The number of ether oxygens (including phenoxy) is 1. The summed E-state index contributed by atoms with van der Waals surface area (Å²) >= 11 is 0. The first-order valence-corrected chi connectivity index (χ1v) is 7.24. The lowest BCUT2D eigenvalue weighted by molar-refractivity contribution is -0.0196. The Kier molecular flexibility index (Phi) is 3.73. The van der Waals surface area contributed by atoms with Crippen LogP contribution in [0.15, 0.2) is 24.5 Å². The highest BCUT2D eigenvalue weighted by Gasteiger charge is 2.26. The third kappa shape index (κ3) is 3.11. The molecule has 1 aliphatic heterocycles. The van der Waals surface area contributed by atoms with Crippen LogP contribution in [-0.4, -0.2) is 31.9 Å². The molecule has 3 heterocycles. The second kappa shape index (κ2) is 5.54. The number of fused-ring (bicyclic) bond motifs is 1. The summed E-state index contributed by atoms with van der Waals surface area (Å²) in [7, 11) is 0. The Hall–Kier alpha value is -1.79. The molecule has 2 aromatic heterocycles. The highest BCUT2D eigenvalue weighted by Crippen LogP contribution is 2.24. The summed E-state index contributed by atoms with van der Waals surface area (Å²) in [5.41, 5.74) is 0.978. The minimum atomic E-state index is -0.177. The molecule has 2 aromatic rings. The van der Waals surface area contributed by atoms with Crippen LogP contribution in [0.4, 0.5) is 0 Å². The molecule has 3 rings (SSSR count). The Labute approximate surface area is 124 Å². The van der Waals surface area contributed by atoms with Gasteiger partial charge in [0, 0.05) is 25.5 Å². The lowest BCUT2D eigenvalue weighted by Crippen LogP contribution is -2.35. The summed E-state index contributed by atoms with van der Waals surface area (Å²) in [5, 5.41) is 12.2. The van der Waals surface area contributed by atoms with Crippen LogP contribution in [0.25, 0.3) is 0 Å². The number of hydrogen-bond donors (Lipinski definition) is 1. The second-order valence-corrected chi connectivity index (χ2v) is 6.19. The van der Waals surface area contributed by atoms with Crippen molar-refractivity contribution >= 4 is 0 Å². The van der Waals surface area contributed by atoms with E-state index in [9.17, 15) is 0 Å². The molecule has 21 heavy (non-hydrogen) atoms. The number of nitrogens with zero attached hydrogens (tertiary/aromatic N) is 4. The Balaban J connectivity index is 1.85. The van der Waals surface area contributed by atoms with E-state index in [0.29, 0.717) is 6.61 Å². The van der Waals surface area contributed by atoms with Gasteiger partial charge in [0.15, 0.2) is 11.6 Å². The zero-order valence-corrected chi connectivity index (χ0v) is 12.7. The van der Waals surface area contributed by atoms with E-state index in [2.05, 4.69) is 25.1 Å². The van der Waals surface area contributed by atoms with Gasteiger partial charge in [-0.1, -0.05) is 0 Å². The van der Waals surface area contributed by atoms with E-state index in [4.69, 9.17) is 4.74 Å². The van der Waals surface area contributed by atoms with Crippen LogP contribution in [0, 0.1) is 0 Å². The minimum Gasteiger partial charge on any atom is -0.368 e. The van der Waals surface area contributed by atoms with Crippen molar-refractivity contribution in [3.05, 3.63) is 41.7 Å². The molecule has 1 atom stereocenters. The summed E-state index contributed by atoms with van der Waals surface area (Å²) in [6.45, 7) is 8.37. The molecule has 0 saturated heterocycles. The molecule has 1 unspecified atom stereocenters. The summed E-state index contributed by atoms with van der Waals surface area (Å²) in [4.78, 5) is 4.07. The number of pyridine rings is 1. The van der Waals surface area contributed by atoms with E-state index >= 15 is 0 Å². The quantitative estimate of drug-likeness (QED) is 0.930. The second-order valence-electron chi connectivity index (χ2n) is 6.19. The van der Waals surface area contributed by atoms with E-state index in [1.54, 1.807) is 12.4 Å². The maximum Gasteiger partial charge on any atom is 0.159 e. The zero-order valence-electron chi connectivity index (χ0n) is 12.7. The fourth-order valence-corrected chi connectivity index (χ4v) is 2.43. The van der Waals surface area contributed by atoms with Gasteiger partial charge in [-0.2, -0.15) is 0 Å². The summed E-state index contributed by atoms with van der Waals surface area (Å²) in [6.07, 6.45) is 3.60. The largest absolute Gasteiger partial charge is 0.368 e. The summed E-state index contributed by atoms with van der Waals surface area (Å²) in [6, 6.07) is 4.08. The normalized spacial score (nSPS) is 18.5. The smallest absolute Gasteiger partial charge is 0.159 e. The Bertz CT molecular complexity index is 602. The summed E-state index contributed by atoms with van der Waals surface area (Å²) < 4.78 is 7.99. The monoisotopic (exact) mass is 287 g/mol. The number of aromatic nitrogens is 4. The molecule has 1 aliphatic rings. The Morgan fingerprint density at radius 2 is 2.05 bits per heavy atom. The van der Waals surface area contributed by atoms with Crippen molar-refractivity contribution < 1.29 is 4.74 Å². The van der Waals surface area contributed by atoms with Crippen molar-refractivity contribution in [1.29, 1.82) is 0 Å². The van der Waals surface area contributed by atoms with Gasteiger partial charge in [0.05, 0.1) is 11.6 Å². The number of hydrogen-bond acceptors (Lipinski definition) is 5. The molecule has 0 amide bonds. The third-order valence-electron chi connectivity index (χ3n) is 3.47. The van der Waals surface area contributed by atoms with Crippen LogP contribution in [0.3, 0.4) is 0 Å². The molecule has 0 spiro atoms. The average Bonchev–Trinajstić information content (AvgIpc) is 2.88. The molecule has 0 fully saturated rings. The fourth-order valence-electron chi connectivity index (χ4n) is 2.43. The lowest BCUT2D eigenvalue weighted by Gasteiger charge is -2.26. The van der Waals surface area contributed by atoms with Crippen LogP contribution in [-0.2, 0) is 17.9 Å². The molecular weight excluding hydrogens is 266 g/mol. The fraction of sp³-hybridized carbons (Fsp3) is 0.533. The van der Waals surface area contributed by atoms with Gasteiger partial charge in [-0.25, -0.2) is 0 Å². The van der Waals surface area contributed by atoms with E-state index in [1.807, 2.05) is 32.9 Å². The average molecular weight is 287 g/mol. The van der Waals surface area contributed by atoms with Crippen LogP contribution >= 0.6 is 0 Å².